The second-order valence-corrected chi connectivity index (χ2v) is 11.9. The molecule has 6 rings (SSSR count). The van der Waals surface area contributed by atoms with E-state index in [0.717, 1.165) is 0 Å². The first kappa shape index (κ1) is 27.3. The monoisotopic (exact) mass is 643 g/mol. The van der Waals surface area contributed by atoms with Crippen molar-refractivity contribution in [2.45, 2.75) is 50.4 Å². The molecular formula is C23H24BrFN5O9P. The molecule has 214 valence electrons. The van der Waals surface area contributed by atoms with Gasteiger partial charge in [-0.2, -0.15) is 9.97 Å². The molecule has 6 atom stereocenters. The van der Waals surface area contributed by atoms with Gasteiger partial charge < -0.3 is 24.7 Å². The largest absolute Gasteiger partial charge is 0.509 e. The van der Waals surface area contributed by atoms with Crippen LogP contribution in [0.5, 0.6) is 5.88 Å². The van der Waals surface area contributed by atoms with Crippen molar-refractivity contribution in [3.8, 4) is 5.88 Å². The summed E-state index contributed by atoms with van der Waals surface area (Å²) in [5.41, 5.74) is 5.25. The SMILES string of the molecule is CCOc1nc(N)nc2ncn([C@@H]3O[C@H](CO[P@@]4(=O)OCC[C@@H](c5cc(Br)ccc5F)O4)[C@H]4OC(=O)O[C@]43C)c12. The van der Waals surface area contributed by atoms with Gasteiger partial charge in [0, 0.05) is 16.5 Å². The molecule has 0 radical (unpaired) electrons. The number of hydrogen-bond donors (Lipinski definition) is 1. The summed E-state index contributed by atoms with van der Waals surface area (Å²) < 4.78 is 69.5. The van der Waals surface area contributed by atoms with E-state index in [9.17, 15) is 13.8 Å². The molecule has 2 N–H and O–H groups in total. The number of hydrogen-bond acceptors (Lipinski definition) is 13. The van der Waals surface area contributed by atoms with Crippen LogP contribution in [0.4, 0.5) is 15.1 Å². The third kappa shape index (κ3) is 4.72. The van der Waals surface area contributed by atoms with Crippen LogP contribution in [0.25, 0.3) is 11.2 Å². The number of carbonyl (C=O) groups excluding carboxylic acids is 1. The maximum Gasteiger partial charge on any atom is 0.509 e. The van der Waals surface area contributed by atoms with Gasteiger partial charge in [0.2, 0.25) is 11.8 Å². The summed E-state index contributed by atoms with van der Waals surface area (Å²) in [6.07, 6.45) is -3.02. The number of carbonyl (C=O) groups is 1. The lowest BCUT2D eigenvalue weighted by Gasteiger charge is -2.30. The number of rotatable bonds is 7. The third-order valence-corrected chi connectivity index (χ3v) is 8.73. The van der Waals surface area contributed by atoms with E-state index in [2.05, 4.69) is 30.9 Å². The molecule has 1 aromatic carbocycles. The number of ether oxygens (including phenoxy) is 4. The van der Waals surface area contributed by atoms with Gasteiger partial charge >= 0.3 is 14.0 Å². The third-order valence-electron chi connectivity index (χ3n) is 6.76. The molecule has 0 bridgehead atoms. The van der Waals surface area contributed by atoms with Gasteiger partial charge in [0.15, 0.2) is 29.1 Å². The Hall–Kier alpha value is -2.88. The lowest BCUT2D eigenvalue weighted by molar-refractivity contribution is -0.0925. The first-order valence-electron chi connectivity index (χ1n) is 12.3. The highest BCUT2D eigenvalue weighted by atomic mass is 79.9. The fourth-order valence-electron chi connectivity index (χ4n) is 5.02. The Morgan fingerprint density at radius 2 is 2.17 bits per heavy atom. The minimum Gasteiger partial charge on any atom is -0.476 e. The van der Waals surface area contributed by atoms with E-state index >= 15 is 0 Å². The van der Waals surface area contributed by atoms with Gasteiger partial charge in [-0.3, -0.25) is 18.1 Å². The number of anilines is 1. The predicted molar refractivity (Wildman–Crippen MR) is 137 cm³/mol. The maximum atomic E-state index is 14.5. The van der Waals surface area contributed by atoms with Crippen molar-refractivity contribution in [3.05, 3.63) is 40.4 Å². The van der Waals surface area contributed by atoms with Crippen LogP contribution < -0.4 is 10.5 Å². The Morgan fingerprint density at radius 1 is 1.35 bits per heavy atom. The van der Waals surface area contributed by atoms with Crippen LogP contribution in [-0.4, -0.2) is 63.3 Å². The zero-order chi connectivity index (χ0) is 28.2. The van der Waals surface area contributed by atoms with E-state index < -0.39 is 49.9 Å². The molecule has 5 heterocycles. The molecule has 0 unspecified atom stereocenters. The second-order valence-electron chi connectivity index (χ2n) is 9.37. The van der Waals surface area contributed by atoms with E-state index in [-0.39, 0.29) is 49.3 Å². The van der Waals surface area contributed by atoms with Crippen LogP contribution in [0.2, 0.25) is 0 Å². The first-order valence-corrected chi connectivity index (χ1v) is 14.6. The molecule has 0 saturated carbocycles. The Morgan fingerprint density at radius 3 is 2.98 bits per heavy atom. The Kier molecular flexibility index (Phi) is 6.95. The highest BCUT2D eigenvalue weighted by Crippen LogP contribution is 2.58. The van der Waals surface area contributed by atoms with Crippen molar-refractivity contribution in [1.29, 1.82) is 0 Å². The molecule has 0 amide bonds. The summed E-state index contributed by atoms with van der Waals surface area (Å²) in [6, 6.07) is 4.37. The zero-order valence-electron chi connectivity index (χ0n) is 21.2. The van der Waals surface area contributed by atoms with Gasteiger partial charge in [-0.1, -0.05) is 15.9 Å². The van der Waals surface area contributed by atoms with Crippen molar-refractivity contribution < 1.29 is 46.3 Å². The van der Waals surface area contributed by atoms with Crippen molar-refractivity contribution in [2.24, 2.45) is 0 Å². The topological polar surface area (TPSA) is 168 Å². The van der Waals surface area contributed by atoms with Gasteiger partial charge in [0.05, 0.1) is 25.9 Å². The normalized spacial score (nSPS) is 31.6. The number of halogens is 2. The first-order chi connectivity index (χ1) is 19.1. The molecule has 0 spiro atoms. The maximum absolute atomic E-state index is 14.5. The number of nitrogen functional groups attached to an aromatic ring is 1. The molecule has 3 aromatic rings. The standard InChI is InChI=1S/C23H24BrFN5O9P/c1-3-33-19-16-18(28-21(26)29-19)27-10-30(16)20-23(2)17(37-22(31)38-23)15(36-20)9-35-40(32)34-7-6-14(39-40)12-8-11(24)4-5-13(12)25/h4-5,8,10,14-15,17,20H,3,6-7,9H2,1-2H3,(H2,26,28,29)/t14-,15+,17+,20+,23+,40+/m0/s1. The summed E-state index contributed by atoms with van der Waals surface area (Å²) in [6.45, 7) is 3.33. The molecule has 3 fully saturated rings. The lowest BCUT2D eigenvalue weighted by atomic mass is 9.96. The number of nitrogens with zero attached hydrogens (tertiary/aromatic N) is 4. The van der Waals surface area contributed by atoms with Gasteiger partial charge in [0.25, 0.3) is 0 Å². The van der Waals surface area contributed by atoms with Crippen LogP contribution in [-0.2, 0) is 32.3 Å². The van der Waals surface area contributed by atoms with Crippen molar-refractivity contribution in [2.75, 3.05) is 25.6 Å². The number of phosphoric ester groups is 1. The van der Waals surface area contributed by atoms with Crippen molar-refractivity contribution in [1.82, 2.24) is 19.5 Å². The Balaban J connectivity index is 1.25. The molecular weight excluding hydrogens is 620 g/mol. The molecule has 40 heavy (non-hydrogen) atoms. The Bertz CT molecular complexity index is 1530. The van der Waals surface area contributed by atoms with E-state index in [1.54, 1.807) is 30.5 Å². The van der Waals surface area contributed by atoms with E-state index in [0.29, 0.717) is 9.99 Å². The lowest BCUT2D eigenvalue weighted by Crippen LogP contribution is -2.42. The van der Waals surface area contributed by atoms with Crippen LogP contribution in [0.3, 0.4) is 0 Å². The van der Waals surface area contributed by atoms with Crippen LogP contribution in [0.1, 0.15) is 38.2 Å². The summed E-state index contributed by atoms with van der Waals surface area (Å²) in [5.74, 6) is -0.382. The molecule has 14 nitrogen and oxygen atoms in total. The highest BCUT2D eigenvalue weighted by Gasteiger charge is 2.64. The van der Waals surface area contributed by atoms with Crippen LogP contribution in [0, 0.1) is 5.82 Å². The molecule has 3 aliphatic heterocycles. The van der Waals surface area contributed by atoms with Crippen LogP contribution >= 0.6 is 23.8 Å². The quantitative estimate of drug-likeness (QED) is 0.287. The molecule has 3 aliphatic rings. The summed E-state index contributed by atoms with van der Waals surface area (Å²) in [7, 11) is -4.15. The van der Waals surface area contributed by atoms with Crippen molar-refractivity contribution in [3.63, 3.8) is 0 Å². The number of benzene rings is 1. The van der Waals surface area contributed by atoms with Crippen molar-refractivity contribution >= 4 is 47.0 Å². The molecule has 0 aliphatic carbocycles. The van der Waals surface area contributed by atoms with E-state index in [4.69, 9.17) is 38.3 Å². The van der Waals surface area contributed by atoms with Gasteiger partial charge in [-0.15, -0.1) is 0 Å². The molecule has 2 aromatic heterocycles. The minimum atomic E-state index is -4.15. The van der Waals surface area contributed by atoms with Crippen LogP contribution in [0.15, 0.2) is 29.0 Å². The van der Waals surface area contributed by atoms with Gasteiger partial charge in [-0.25, -0.2) is 18.7 Å². The fourth-order valence-corrected chi connectivity index (χ4v) is 6.78. The second kappa shape index (κ2) is 10.2. The fraction of sp³-hybridized carbons (Fsp3) is 0.478. The summed E-state index contributed by atoms with van der Waals surface area (Å²) >= 11 is 3.30. The van der Waals surface area contributed by atoms with E-state index in [1.807, 2.05) is 0 Å². The highest BCUT2D eigenvalue weighted by molar-refractivity contribution is 9.10. The van der Waals surface area contributed by atoms with Gasteiger partial charge in [0.1, 0.15) is 18.2 Å². The summed E-state index contributed by atoms with van der Waals surface area (Å²) in [4.78, 5) is 24.8. The molecule has 3 saturated heterocycles. The number of aromatic nitrogens is 4. The summed E-state index contributed by atoms with van der Waals surface area (Å²) in [5, 5.41) is 0. The predicted octanol–water partition coefficient (Wildman–Crippen LogP) is 4.20. The zero-order valence-corrected chi connectivity index (χ0v) is 23.7. The average molecular weight is 644 g/mol. The Labute approximate surface area is 234 Å². The number of nitrogens with two attached hydrogens (primary N) is 1. The van der Waals surface area contributed by atoms with E-state index in [1.165, 1.54) is 12.4 Å². The number of fused-ring (bicyclic) bond motifs is 2. The number of phosphoric acid groups is 1. The van der Waals surface area contributed by atoms with Gasteiger partial charge in [-0.05, 0) is 32.0 Å². The minimum absolute atomic E-state index is 0.00561. The number of imidazole rings is 1. The average Bonchev–Trinajstić information content (AvgIpc) is 3.53. The smallest absolute Gasteiger partial charge is 0.476 e. The molecule has 17 heteroatoms.